The number of aromatic nitrogens is 1. The molecule has 0 aliphatic carbocycles. The molecule has 0 radical (unpaired) electrons. The van der Waals surface area contributed by atoms with Crippen LogP contribution in [0.15, 0.2) is 18.2 Å². The van der Waals surface area contributed by atoms with Crippen molar-refractivity contribution < 1.29 is 22.7 Å². The number of ether oxygens (including phenoxy) is 1. The minimum absolute atomic E-state index is 0.0624. The SMILES string of the molecule is Cc1ccc(N(C(=O)C(N)=O)c2nc(CNS(C)(=O)=O)c(Cl)s2)c(OCC(C)C)c1. The van der Waals surface area contributed by atoms with Gasteiger partial charge in [-0.25, -0.2) is 23.0 Å². The Kier molecular flexibility index (Phi) is 7.81. The highest BCUT2D eigenvalue weighted by molar-refractivity contribution is 7.88. The monoisotopic (exact) mass is 474 g/mol. The minimum atomic E-state index is -3.48. The summed E-state index contributed by atoms with van der Waals surface area (Å²) < 4.78 is 31.0. The molecule has 164 valence electrons. The number of amides is 2. The minimum Gasteiger partial charge on any atom is -0.491 e. The van der Waals surface area contributed by atoms with Crippen LogP contribution in [0.5, 0.6) is 5.75 Å². The van der Waals surface area contributed by atoms with Crippen molar-refractivity contribution in [2.75, 3.05) is 17.8 Å². The van der Waals surface area contributed by atoms with E-state index in [9.17, 15) is 18.0 Å². The van der Waals surface area contributed by atoms with Crippen LogP contribution < -0.4 is 20.1 Å². The fourth-order valence-electron chi connectivity index (χ4n) is 2.31. The quantitative estimate of drug-likeness (QED) is 0.564. The number of hydrogen-bond donors (Lipinski definition) is 2. The van der Waals surface area contributed by atoms with Crippen LogP contribution in [0.1, 0.15) is 25.1 Å². The van der Waals surface area contributed by atoms with Crippen molar-refractivity contribution in [2.45, 2.75) is 27.3 Å². The number of sulfonamides is 1. The van der Waals surface area contributed by atoms with Gasteiger partial charge in [0.1, 0.15) is 10.1 Å². The molecule has 1 aromatic heterocycles. The van der Waals surface area contributed by atoms with Gasteiger partial charge in [-0.15, -0.1) is 0 Å². The van der Waals surface area contributed by atoms with Gasteiger partial charge in [-0.2, -0.15) is 0 Å². The highest BCUT2D eigenvalue weighted by Crippen LogP contribution is 2.39. The summed E-state index contributed by atoms with van der Waals surface area (Å²) in [5, 5.41) is 0.0624. The third-order valence-corrected chi connectivity index (χ3v) is 5.66. The Balaban J connectivity index is 2.53. The van der Waals surface area contributed by atoms with Crippen molar-refractivity contribution in [3.63, 3.8) is 0 Å². The number of halogens is 1. The summed E-state index contributed by atoms with van der Waals surface area (Å²) >= 11 is 7.11. The average molecular weight is 475 g/mol. The van der Waals surface area contributed by atoms with E-state index in [1.807, 2.05) is 20.8 Å². The summed E-state index contributed by atoms with van der Waals surface area (Å²) in [7, 11) is -3.48. The summed E-state index contributed by atoms with van der Waals surface area (Å²) in [6.07, 6.45) is 1.00. The Morgan fingerprint density at radius 2 is 2.03 bits per heavy atom. The molecule has 2 amide bonds. The number of primary amides is 1. The maximum absolute atomic E-state index is 12.7. The van der Waals surface area contributed by atoms with Crippen molar-refractivity contribution in [1.29, 1.82) is 0 Å². The van der Waals surface area contributed by atoms with Crippen LogP contribution in [0.4, 0.5) is 10.8 Å². The van der Waals surface area contributed by atoms with Gasteiger partial charge < -0.3 is 10.5 Å². The van der Waals surface area contributed by atoms with E-state index in [0.717, 1.165) is 28.1 Å². The highest BCUT2D eigenvalue weighted by Gasteiger charge is 2.29. The number of hydrogen-bond acceptors (Lipinski definition) is 7. The molecule has 1 aromatic carbocycles. The third-order valence-electron chi connectivity index (χ3n) is 3.67. The topological polar surface area (TPSA) is 132 Å². The maximum Gasteiger partial charge on any atom is 0.322 e. The van der Waals surface area contributed by atoms with Crippen molar-refractivity contribution in [1.82, 2.24) is 9.71 Å². The van der Waals surface area contributed by atoms with Gasteiger partial charge in [0.25, 0.3) is 0 Å². The van der Waals surface area contributed by atoms with Gasteiger partial charge in [0, 0.05) is 0 Å². The Hall–Kier alpha value is -2.21. The van der Waals surface area contributed by atoms with Gasteiger partial charge in [-0.1, -0.05) is 42.9 Å². The van der Waals surface area contributed by atoms with Crippen LogP contribution in [-0.2, 0) is 26.2 Å². The molecule has 3 N–H and O–H groups in total. The average Bonchev–Trinajstić information content (AvgIpc) is 2.99. The number of benzene rings is 1. The predicted molar refractivity (Wildman–Crippen MR) is 117 cm³/mol. The molecule has 0 unspecified atom stereocenters. The van der Waals surface area contributed by atoms with E-state index in [-0.39, 0.29) is 33.3 Å². The summed E-state index contributed by atoms with van der Waals surface area (Å²) in [5.74, 6) is -1.61. The summed E-state index contributed by atoms with van der Waals surface area (Å²) in [4.78, 5) is 29.7. The van der Waals surface area contributed by atoms with Gasteiger partial charge >= 0.3 is 11.8 Å². The molecule has 30 heavy (non-hydrogen) atoms. The number of anilines is 2. The fourth-order valence-corrected chi connectivity index (χ4v) is 3.85. The molecule has 9 nitrogen and oxygen atoms in total. The first-order chi connectivity index (χ1) is 13.9. The smallest absolute Gasteiger partial charge is 0.322 e. The Morgan fingerprint density at radius 3 is 2.60 bits per heavy atom. The van der Waals surface area contributed by atoms with Crippen molar-refractivity contribution in [3.8, 4) is 5.75 Å². The lowest BCUT2D eigenvalue weighted by molar-refractivity contribution is -0.135. The first-order valence-electron chi connectivity index (χ1n) is 8.86. The van der Waals surface area contributed by atoms with Gasteiger partial charge in [-0.3, -0.25) is 9.59 Å². The third kappa shape index (κ3) is 6.39. The summed E-state index contributed by atoms with van der Waals surface area (Å²) in [6.45, 7) is 6.03. The molecule has 0 spiro atoms. The van der Waals surface area contributed by atoms with E-state index in [1.165, 1.54) is 0 Å². The number of rotatable bonds is 8. The molecular weight excluding hydrogens is 452 g/mol. The van der Waals surface area contributed by atoms with E-state index in [4.69, 9.17) is 22.1 Å². The normalized spacial score (nSPS) is 11.5. The molecule has 0 aliphatic rings. The number of aryl methyl sites for hydroxylation is 1. The molecule has 0 fully saturated rings. The molecule has 0 bridgehead atoms. The van der Waals surface area contributed by atoms with Crippen LogP contribution >= 0.6 is 22.9 Å². The standard InChI is InChI=1S/C18H23ClN4O5S2/c1-10(2)9-28-14-7-11(3)5-6-13(14)23(17(25)16(20)24)18-22-12(15(19)29-18)8-21-30(4,26)27/h5-7,10,21H,8-9H2,1-4H3,(H2,20,24). The van der Waals surface area contributed by atoms with E-state index in [1.54, 1.807) is 18.2 Å². The van der Waals surface area contributed by atoms with Gasteiger partial charge in [0.2, 0.25) is 10.0 Å². The predicted octanol–water partition coefficient (Wildman–Crippen LogP) is 2.34. The van der Waals surface area contributed by atoms with E-state index < -0.39 is 21.8 Å². The number of thiazole rings is 1. The number of carbonyl (C=O) groups is 2. The second-order valence-corrected chi connectivity index (χ2v) is 10.4. The molecule has 1 heterocycles. The zero-order valence-corrected chi connectivity index (χ0v) is 19.3. The fraction of sp³-hybridized carbons (Fsp3) is 0.389. The highest BCUT2D eigenvalue weighted by atomic mass is 35.5. The van der Waals surface area contributed by atoms with Crippen LogP contribution in [0, 0.1) is 12.8 Å². The number of nitrogens with two attached hydrogens (primary N) is 1. The van der Waals surface area contributed by atoms with Crippen molar-refractivity contribution >= 4 is 55.6 Å². The Labute approximate surface area is 184 Å². The van der Waals surface area contributed by atoms with E-state index in [0.29, 0.717) is 12.4 Å². The van der Waals surface area contributed by atoms with Crippen LogP contribution in [0.25, 0.3) is 0 Å². The lowest BCUT2D eigenvalue weighted by Gasteiger charge is -2.22. The zero-order chi connectivity index (χ0) is 22.6. The second-order valence-electron chi connectivity index (χ2n) is 6.99. The summed E-state index contributed by atoms with van der Waals surface area (Å²) in [5.41, 5.74) is 6.63. The lowest BCUT2D eigenvalue weighted by atomic mass is 10.2. The Bertz CT molecular complexity index is 1050. The second kappa shape index (κ2) is 9.73. The van der Waals surface area contributed by atoms with Gasteiger partial charge in [-0.05, 0) is 30.5 Å². The first-order valence-corrected chi connectivity index (χ1v) is 11.9. The van der Waals surface area contributed by atoms with Crippen molar-refractivity contribution in [3.05, 3.63) is 33.8 Å². The van der Waals surface area contributed by atoms with Crippen LogP contribution in [0.2, 0.25) is 4.34 Å². The molecule has 2 rings (SSSR count). The largest absolute Gasteiger partial charge is 0.491 e. The number of nitrogens with one attached hydrogen (secondary N) is 1. The van der Waals surface area contributed by atoms with Gasteiger partial charge in [0.15, 0.2) is 5.13 Å². The first kappa shape index (κ1) is 24.1. The summed E-state index contributed by atoms with van der Waals surface area (Å²) in [6, 6.07) is 5.11. The van der Waals surface area contributed by atoms with Crippen LogP contribution in [0.3, 0.4) is 0 Å². The molecule has 0 aliphatic heterocycles. The zero-order valence-electron chi connectivity index (χ0n) is 16.9. The van der Waals surface area contributed by atoms with Crippen molar-refractivity contribution in [2.24, 2.45) is 11.7 Å². The molecular formula is C18H23ClN4O5S2. The maximum atomic E-state index is 12.7. The molecule has 0 saturated carbocycles. The Morgan fingerprint density at radius 1 is 1.37 bits per heavy atom. The lowest BCUT2D eigenvalue weighted by Crippen LogP contribution is -2.37. The molecule has 0 saturated heterocycles. The molecule has 0 atom stereocenters. The van der Waals surface area contributed by atoms with Crippen LogP contribution in [-0.4, -0.2) is 38.1 Å². The number of carbonyl (C=O) groups excluding carboxylic acids is 2. The molecule has 12 heteroatoms. The number of nitrogens with zero attached hydrogens (tertiary/aromatic N) is 2. The molecule has 2 aromatic rings. The van der Waals surface area contributed by atoms with Gasteiger partial charge in [0.05, 0.1) is 30.8 Å². The van der Waals surface area contributed by atoms with E-state index in [2.05, 4.69) is 9.71 Å². The van der Waals surface area contributed by atoms with E-state index >= 15 is 0 Å².